The van der Waals surface area contributed by atoms with Crippen LogP contribution in [0.15, 0.2) is 30.3 Å². The van der Waals surface area contributed by atoms with Gasteiger partial charge in [-0.3, -0.25) is 0 Å². The van der Waals surface area contributed by atoms with Crippen molar-refractivity contribution in [1.82, 2.24) is 0 Å². The van der Waals surface area contributed by atoms with Crippen molar-refractivity contribution in [3.05, 3.63) is 41.5 Å². The number of terminal acetylenes is 1. The Hall–Kier alpha value is -1.94. The van der Waals surface area contributed by atoms with Crippen LogP contribution in [0.25, 0.3) is 10.8 Å². The van der Waals surface area contributed by atoms with E-state index in [2.05, 4.69) is 19.8 Å². The first-order chi connectivity index (χ1) is 8.63. The molecule has 2 aromatic rings. The molecular weight excluding hydrogens is 220 g/mol. The Balaban J connectivity index is 0.000000771. The topological polar surface area (TPSA) is 20.2 Å². The van der Waals surface area contributed by atoms with Crippen molar-refractivity contribution in [2.24, 2.45) is 0 Å². The average molecular weight is 240 g/mol. The maximum absolute atomic E-state index is 9.45. The molecule has 0 saturated heterocycles. The first-order valence-electron chi connectivity index (χ1n) is 6.35. The zero-order chi connectivity index (χ0) is 13.7. The highest BCUT2D eigenvalue weighted by Crippen LogP contribution is 2.30. The van der Waals surface area contributed by atoms with E-state index in [0.717, 1.165) is 16.3 Å². The quantitative estimate of drug-likeness (QED) is 0.718. The second-order valence-electron chi connectivity index (χ2n) is 4.23. The van der Waals surface area contributed by atoms with Gasteiger partial charge in [0.05, 0.1) is 0 Å². The molecule has 0 aliphatic rings. The standard InChI is InChI=1S/C15H14O.C2H6/c1-4-11-5-6-12-9-13(16)7-8-14(12)15(11)10(2)3;1-2/h1,5-10,16H,2-3H3;1-2H3. The molecule has 0 atom stereocenters. The highest BCUT2D eigenvalue weighted by molar-refractivity contribution is 5.89. The zero-order valence-corrected chi connectivity index (χ0v) is 11.5. The molecule has 94 valence electrons. The highest BCUT2D eigenvalue weighted by Gasteiger charge is 2.10. The summed E-state index contributed by atoms with van der Waals surface area (Å²) in [6.45, 7) is 8.25. The predicted molar refractivity (Wildman–Crippen MR) is 79.0 cm³/mol. The van der Waals surface area contributed by atoms with E-state index in [9.17, 15) is 5.11 Å². The van der Waals surface area contributed by atoms with Gasteiger partial charge >= 0.3 is 0 Å². The molecule has 1 heteroatoms. The highest BCUT2D eigenvalue weighted by atomic mass is 16.3. The minimum absolute atomic E-state index is 0.288. The molecule has 0 radical (unpaired) electrons. The van der Waals surface area contributed by atoms with Gasteiger partial charge in [0, 0.05) is 5.56 Å². The molecule has 0 aromatic heterocycles. The number of aromatic hydroxyl groups is 1. The zero-order valence-electron chi connectivity index (χ0n) is 11.5. The van der Waals surface area contributed by atoms with Gasteiger partial charge in [-0.1, -0.05) is 45.7 Å². The van der Waals surface area contributed by atoms with Gasteiger partial charge in [-0.05, 0) is 40.5 Å². The largest absolute Gasteiger partial charge is 0.508 e. The monoisotopic (exact) mass is 240 g/mol. The maximum Gasteiger partial charge on any atom is 0.116 e. The molecule has 0 amide bonds. The van der Waals surface area contributed by atoms with Crippen LogP contribution >= 0.6 is 0 Å². The van der Waals surface area contributed by atoms with Crippen LogP contribution in [0.1, 0.15) is 44.7 Å². The Morgan fingerprint density at radius 1 is 1.11 bits per heavy atom. The third kappa shape index (κ3) is 2.65. The van der Waals surface area contributed by atoms with Crippen LogP contribution in [0.2, 0.25) is 0 Å². The van der Waals surface area contributed by atoms with Crippen molar-refractivity contribution in [2.75, 3.05) is 0 Å². The predicted octanol–water partition coefficient (Wildman–Crippen LogP) is 4.68. The maximum atomic E-state index is 9.45. The summed E-state index contributed by atoms with van der Waals surface area (Å²) in [6.07, 6.45) is 5.51. The molecule has 0 heterocycles. The van der Waals surface area contributed by atoms with E-state index in [0.29, 0.717) is 5.92 Å². The Morgan fingerprint density at radius 2 is 1.78 bits per heavy atom. The molecule has 0 saturated carbocycles. The fourth-order valence-electron chi connectivity index (χ4n) is 2.09. The van der Waals surface area contributed by atoms with E-state index in [-0.39, 0.29) is 5.75 Å². The van der Waals surface area contributed by atoms with E-state index in [4.69, 9.17) is 6.42 Å². The minimum atomic E-state index is 0.288. The molecule has 2 aromatic carbocycles. The smallest absolute Gasteiger partial charge is 0.116 e. The molecule has 0 spiro atoms. The van der Waals surface area contributed by atoms with E-state index >= 15 is 0 Å². The molecular formula is C17H20O. The molecule has 2 rings (SSSR count). The fourth-order valence-corrected chi connectivity index (χ4v) is 2.09. The molecule has 0 bridgehead atoms. The van der Waals surface area contributed by atoms with Crippen LogP contribution in [0, 0.1) is 12.3 Å². The van der Waals surface area contributed by atoms with Crippen molar-refractivity contribution in [3.63, 3.8) is 0 Å². The lowest BCUT2D eigenvalue weighted by Gasteiger charge is -2.13. The van der Waals surface area contributed by atoms with Gasteiger partial charge in [0.1, 0.15) is 5.75 Å². The summed E-state index contributed by atoms with van der Waals surface area (Å²) in [7, 11) is 0. The van der Waals surface area contributed by atoms with Gasteiger partial charge in [0.25, 0.3) is 0 Å². The van der Waals surface area contributed by atoms with Crippen molar-refractivity contribution in [1.29, 1.82) is 0 Å². The van der Waals surface area contributed by atoms with Gasteiger partial charge in [-0.25, -0.2) is 0 Å². The Morgan fingerprint density at radius 3 is 2.33 bits per heavy atom. The van der Waals surface area contributed by atoms with Gasteiger partial charge in [-0.2, -0.15) is 0 Å². The summed E-state index contributed by atoms with van der Waals surface area (Å²) in [4.78, 5) is 0. The van der Waals surface area contributed by atoms with E-state index in [1.54, 1.807) is 12.1 Å². The number of fused-ring (bicyclic) bond motifs is 1. The molecule has 1 N–H and O–H groups in total. The molecule has 0 aliphatic carbocycles. The van der Waals surface area contributed by atoms with Gasteiger partial charge < -0.3 is 5.11 Å². The van der Waals surface area contributed by atoms with E-state index in [1.807, 2.05) is 32.0 Å². The van der Waals surface area contributed by atoms with Gasteiger partial charge in [0.15, 0.2) is 0 Å². The van der Waals surface area contributed by atoms with Crippen LogP contribution in [0.4, 0.5) is 0 Å². The van der Waals surface area contributed by atoms with Crippen LogP contribution in [-0.4, -0.2) is 5.11 Å². The Labute approximate surface area is 109 Å². The lowest BCUT2D eigenvalue weighted by atomic mass is 9.91. The Bertz CT molecular complexity index is 574. The van der Waals surface area contributed by atoms with Gasteiger partial charge in [-0.15, -0.1) is 6.42 Å². The second kappa shape index (κ2) is 6.12. The average Bonchev–Trinajstić information content (AvgIpc) is 2.39. The molecule has 1 nitrogen and oxygen atoms in total. The number of hydrogen-bond acceptors (Lipinski definition) is 1. The van der Waals surface area contributed by atoms with Crippen molar-refractivity contribution < 1.29 is 5.11 Å². The first-order valence-corrected chi connectivity index (χ1v) is 6.35. The van der Waals surface area contributed by atoms with Gasteiger partial charge in [0.2, 0.25) is 0 Å². The number of rotatable bonds is 1. The van der Waals surface area contributed by atoms with E-state index < -0.39 is 0 Å². The van der Waals surface area contributed by atoms with E-state index in [1.165, 1.54) is 5.56 Å². The van der Waals surface area contributed by atoms with Crippen LogP contribution < -0.4 is 0 Å². The summed E-state index contributed by atoms with van der Waals surface area (Å²) < 4.78 is 0. The summed E-state index contributed by atoms with van der Waals surface area (Å²) >= 11 is 0. The number of phenolic OH excluding ortho intramolecular Hbond substituents is 1. The summed E-state index contributed by atoms with van der Waals surface area (Å²) in [6, 6.07) is 9.30. The first kappa shape index (κ1) is 14.1. The van der Waals surface area contributed by atoms with Crippen molar-refractivity contribution in [2.45, 2.75) is 33.6 Å². The molecule has 0 fully saturated rings. The molecule has 18 heavy (non-hydrogen) atoms. The lowest BCUT2D eigenvalue weighted by Crippen LogP contribution is -1.94. The Kier molecular flexibility index (Phi) is 4.80. The molecule has 0 unspecified atom stereocenters. The lowest BCUT2D eigenvalue weighted by molar-refractivity contribution is 0.476. The molecule has 0 aliphatic heterocycles. The minimum Gasteiger partial charge on any atom is -0.508 e. The summed E-state index contributed by atoms with van der Waals surface area (Å²) in [5, 5.41) is 11.6. The number of hydrogen-bond donors (Lipinski definition) is 1. The van der Waals surface area contributed by atoms with Crippen LogP contribution in [0.3, 0.4) is 0 Å². The third-order valence-corrected chi connectivity index (χ3v) is 2.78. The third-order valence-electron chi connectivity index (χ3n) is 2.78. The van der Waals surface area contributed by atoms with Crippen LogP contribution in [0.5, 0.6) is 5.75 Å². The second-order valence-corrected chi connectivity index (χ2v) is 4.23. The fraction of sp³-hybridized carbons (Fsp3) is 0.294. The van der Waals surface area contributed by atoms with Crippen molar-refractivity contribution >= 4 is 10.8 Å². The number of benzene rings is 2. The summed E-state index contributed by atoms with van der Waals surface area (Å²) in [5.74, 6) is 3.38. The van der Waals surface area contributed by atoms with Crippen LogP contribution in [-0.2, 0) is 0 Å². The normalized spacial score (nSPS) is 9.78. The van der Waals surface area contributed by atoms with Crippen molar-refractivity contribution in [3.8, 4) is 18.1 Å². The number of phenols is 1. The SMILES string of the molecule is C#Cc1ccc2cc(O)ccc2c1C(C)C.CC. The summed E-state index contributed by atoms with van der Waals surface area (Å²) in [5.41, 5.74) is 2.12.